The van der Waals surface area contributed by atoms with Crippen molar-refractivity contribution in [2.75, 3.05) is 13.2 Å². The van der Waals surface area contributed by atoms with Gasteiger partial charge in [0.15, 0.2) is 11.5 Å². The van der Waals surface area contributed by atoms with Crippen LogP contribution in [0.3, 0.4) is 0 Å². The second-order valence-electron chi connectivity index (χ2n) is 4.86. The number of esters is 1. The lowest BCUT2D eigenvalue weighted by Gasteiger charge is -2.15. The van der Waals surface area contributed by atoms with Crippen LogP contribution in [0.25, 0.3) is 0 Å². The van der Waals surface area contributed by atoms with Crippen LogP contribution in [0.2, 0.25) is 0 Å². The normalized spacial score (nSPS) is 10.3. The molecule has 0 saturated carbocycles. The molecule has 2 rings (SSSR count). The van der Waals surface area contributed by atoms with Gasteiger partial charge in [-0.25, -0.2) is 4.79 Å². The number of benzene rings is 2. The topological polar surface area (TPSA) is 44.8 Å². The molecule has 0 N–H and O–H groups in total. The molecule has 0 spiro atoms. The molecular formula is C18H18BrIO4. The fraction of sp³-hybridized carbons (Fsp3) is 0.278. The van der Waals surface area contributed by atoms with Crippen LogP contribution in [-0.2, 0) is 11.3 Å². The number of ether oxygens (including phenoxy) is 3. The number of hydrogen-bond acceptors (Lipinski definition) is 4. The van der Waals surface area contributed by atoms with E-state index < -0.39 is 0 Å². The summed E-state index contributed by atoms with van der Waals surface area (Å²) in [5, 5.41) is 0. The number of carbonyl (C=O) groups is 1. The van der Waals surface area contributed by atoms with Crippen LogP contribution in [0.4, 0.5) is 0 Å². The Morgan fingerprint density at radius 1 is 1.12 bits per heavy atom. The van der Waals surface area contributed by atoms with E-state index in [1.54, 1.807) is 19.1 Å². The third-order valence-corrected chi connectivity index (χ3v) is 4.39. The van der Waals surface area contributed by atoms with Crippen LogP contribution in [0.1, 0.15) is 29.8 Å². The smallest absolute Gasteiger partial charge is 0.338 e. The number of hydrogen-bond donors (Lipinski definition) is 0. The molecule has 4 nitrogen and oxygen atoms in total. The van der Waals surface area contributed by atoms with Gasteiger partial charge in [0.05, 0.1) is 22.3 Å². The van der Waals surface area contributed by atoms with Crippen molar-refractivity contribution in [1.82, 2.24) is 0 Å². The maximum absolute atomic E-state index is 12.0. The quantitative estimate of drug-likeness (QED) is 0.383. The summed E-state index contributed by atoms with van der Waals surface area (Å²) < 4.78 is 18.5. The molecule has 0 fully saturated rings. The molecule has 0 radical (unpaired) electrons. The van der Waals surface area contributed by atoms with Gasteiger partial charge >= 0.3 is 5.97 Å². The van der Waals surface area contributed by atoms with Gasteiger partial charge in [-0.05, 0) is 66.3 Å². The Morgan fingerprint density at radius 3 is 2.58 bits per heavy atom. The van der Waals surface area contributed by atoms with Gasteiger partial charge in [-0.1, -0.05) is 28.1 Å². The number of halogens is 2. The highest BCUT2D eigenvalue weighted by Crippen LogP contribution is 2.35. The standard InChI is InChI=1S/C18H18BrIO4/c1-3-22-16-10-13(18(21)23-4-2)9-15(20)17(16)24-11-12-6-5-7-14(19)8-12/h5-10H,3-4,11H2,1-2H3. The Hall–Kier alpha value is -1.28. The Morgan fingerprint density at radius 2 is 1.92 bits per heavy atom. The Labute approximate surface area is 163 Å². The van der Waals surface area contributed by atoms with Crippen LogP contribution >= 0.6 is 38.5 Å². The zero-order valence-electron chi connectivity index (χ0n) is 13.5. The highest BCUT2D eigenvalue weighted by molar-refractivity contribution is 14.1. The van der Waals surface area contributed by atoms with Gasteiger partial charge in [-0.15, -0.1) is 0 Å². The first-order valence-corrected chi connectivity index (χ1v) is 9.43. The molecular weight excluding hydrogens is 487 g/mol. The van der Waals surface area contributed by atoms with Crippen molar-refractivity contribution in [1.29, 1.82) is 0 Å². The van der Waals surface area contributed by atoms with E-state index in [0.29, 0.717) is 36.9 Å². The fourth-order valence-corrected chi connectivity index (χ4v) is 3.29. The van der Waals surface area contributed by atoms with Crippen LogP contribution < -0.4 is 9.47 Å². The molecule has 128 valence electrons. The van der Waals surface area contributed by atoms with Crippen LogP contribution in [0, 0.1) is 3.57 Å². The van der Waals surface area contributed by atoms with Gasteiger partial charge in [0.25, 0.3) is 0 Å². The van der Waals surface area contributed by atoms with Crippen LogP contribution in [0.5, 0.6) is 11.5 Å². The molecule has 2 aromatic rings. The molecule has 0 unspecified atom stereocenters. The van der Waals surface area contributed by atoms with Crippen molar-refractivity contribution < 1.29 is 19.0 Å². The lowest BCUT2D eigenvalue weighted by molar-refractivity contribution is 0.0525. The molecule has 24 heavy (non-hydrogen) atoms. The molecule has 0 heterocycles. The first-order valence-electron chi connectivity index (χ1n) is 7.55. The summed E-state index contributed by atoms with van der Waals surface area (Å²) in [6.45, 7) is 4.90. The summed E-state index contributed by atoms with van der Waals surface area (Å²) in [4.78, 5) is 12.0. The van der Waals surface area contributed by atoms with E-state index in [4.69, 9.17) is 14.2 Å². The fourth-order valence-electron chi connectivity index (χ4n) is 2.09. The second-order valence-corrected chi connectivity index (χ2v) is 6.94. The summed E-state index contributed by atoms with van der Waals surface area (Å²) in [5.74, 6) is 0.808. The summed E-state index contributed by atoms with van der Waals surface area (Å²) in [5.41, 5.74) is 1.50. The van der Waals surface area contributed by atoms with Crippen molar-refractivity contribution in [3.05, 3.63) is 55.6 Å². The summed E-state index contributed by atoms with van der Waals surface area (Å²) in [6, 6.07) is 11.3. The largest absolute Gasteiger partial charge is 0.490 e. The van der Waals surface area contributed by atoms with E-state index in [2.05, 4.69) is 38.5 Å². The molecule has 6 heteroatoms. The number of carbonyl (C=O) groups excluding carboxylic acids is 1. The van der Waals surface area contributed by atoms with Gasteiger partial charge in [0.1, 0.15) is 6.61 Å². The highest BCUT2D eigenvalue weighted by atomic mass is 127. The highest BCUT2D eigenvalue weighted by Gasteiger charge is 2.17. The molecule has 0 saturated heterocycles. The van der Waals surface area contributed by atoms with Crippen molar-refractivity contribution >= 4 is 44.5 Å². The Bertz CT molecular complexity index is 718. The van der Waals surface area contributed by atoms with E-state index in [1.165, 1.54) is 0 Å². The van der Waals surface area contributed by atoms with Crippen molar-refractivity contribution in [3.8, 4) is 11.5 Å². The average molecular weight is 505 g/mol. The maximum Gasteiger partial charge on any atom is 0.338 e. The predicted molar refractivity (Wildman–Crippen MR) is 105 cm³/mol. The van der Waals surface area contributed by atoms with E-state index in [-0.39, 0.29) is 5.97 Å². The van der Waals surface area contributed by atoms with Crippen molar-refractivity contribution in [2.24, 2.45) is 0 Å². The van der Waals surface area contributed by atoms with Gasteiger partial charge in [0.2, 0.25) is 0 Å². The van der Waals surface area contributed by atoms with Crippen LogP contribution in [-0.4, -0.2) is 19.2 Å². The van der Waals surface area contributed by atoms with Gasteiger partial charge in [0, 0.05) is 4.47 Å². The molecule has 2 aromatic carbocycles. The predicted octanol–water partition coefficient (Wildman–Crippen LogP) is 5.21. The van der Waals surface area contributed by atoms with Crippen molar-refractivity contribution in [3.63, 3.8) is 0 Å². The molecule has 0 aliphatic carbocycles. The Balaban J connectivity index is 2.25. The zero-order chi connectivity index (χ0) is 17.5. The minimum absolute atomic E-state index is 0.334. The minimum Gasteiger partial charge on any atom is -0.490 e. The lowest BCUT2D eigenvalue weighted by Crippen LogP contribution is -2.08. The first-order chi connectivity index (χ1) is 11.5. The van der Waals surface area contributed by atoms with Gasteiger partial charge < -0.3 is 14.2 Å². The third-order valence-electron chi connectivity index (χ3n) is 3.09. The van der Waals surface area contributed by atoms with E-state index in [9.17, 15) is 4.79 Å². The summed E-state index contributed by atoms with van der Waals surface area (Å²) in [7, 11) is 0. The molecule has 0 amide bonds. The van der Waals surface area contributed by atoms with E-state index >= 15 is 0 Å². The minimum atomic E-state index is -0.366. The van der Waals surface area contributed by atoms with Crippen LogP contribution in [0.15, 0.2) is 40.9 Å². The molecule has 0 bridgehead atoms. The molecule has 0 atom stereocenters. The second kappa shape index (κ2) is 9.27. The lowest BCUT2D eigenvalue weighted by atomic mass is 10.2. The maximum atomic E-state index is 12.0. The SMILES string of the molecule is CCOC(=O)c1cc(I)c(OCc2cccc(Br)c2)c(OCC)c1. The Kier molecular flexibility index (Phi) is 7.36. The summed E-state index contributed by atoms with van der Waals surface area (Å²) in [6.07, 6.45) is 0. The monoisotopic (exact) mass is 504 g/mol. The summed E-state index contributed by atoms with van der Waals surface area (Å²) >= 11 is 5.59. The zero-order valence-corrected chi connectivity index (χ0v) is 17.2. The van der Waals surface area contributed by atoms with Gasteiger partial charge in [-0.3, -0.25) is 0 Å². The van der Waals surface area contributed by atoms with Crippen molar-refractivity contribution in [2.45, 2.75) is 20.5 Å². The first kappa shape index (κ1) is 19.1. The van der Waals surface area contributed by atoms with E-state index in [1.807, 2.05) is 31.2 Å². The van der Waals surface area contributed by atoms with E-state index in [0.717, 1.165) is 13.6 Å². The average Bonchev–Trinajstić information content (AvgIpc) is 2.54. The molecule has 0 aliphatic heterocycles. The third kappa shape index (κ3) is 5.11. The van der Waals surface area contributed by atoms with Gasteiger partial charge in [-0.2, -0.15) is 0 Å². The molecule has 0 aromatic heterocycles. The molecule has 0 aliphatic rings. The number of rotatable bonds is 7.